The molecule has 0 aliphatic rings. The normalized spacial score (nSPS) is 11.0. The van der Waals surface area contributed by atoms with Gasteiger partial charge in [0.05, 0.1) is 11.1 Å². The van der Waals surface area contributed by atoms with Crippen LogP contribution in [0.1, 0.15) is 43.0 Å². The summed E-state index contributed by atoms with van der Waals surface area (Å²) < 4.78 is 5.26. The lowest BCUT2D eigenvalue weighted by Gasteiger charge is -2.08. The van der Waals surface area contributed by atoms with E-state index < -0.39 is 11.9 Å². The summed E-state index contributed by atoms with van der Waals surface area (Å²) in [4.78, 5) is 25.7. The molecule has 4 aromatic carbocycles. The van der Waals surface area contributed by atoms with E-state index in [1.165, 1.54) is 0 Å². The molecule has 0 heterocycles. The Hall–Kier alpha value is -4.50. The number of esters is 2. The van der Waals surface area contributed by atoms with Crippen LogP contribution in [0.5, 0.6) is 0 Å². The zero-order valence-corrected chi connectivity index (χ0v) is 17.9. The lowest BCUT2D eigenvalue weighted by Crippen LogP contribution is -2.14. The van der Waals surface area contributed by atoms with Crippen molar-refractivity contribution in [3.8, 4) is 0 Å². The van der Waals surface area contributed by atoms with Crippen LogP contribution in [-0.4, -0.2) is 11.9 Å². The second-order valence-corrected chi connectivity index (χ2v) is 7.34. The standard InChI is InChI=1S/C30H22O3/c31-29(27-17-9-7-15-25(27)21-19-23-11-3-1-4-12-23)33-30(32)28-18-10-8-16-26(28)22-20-24-13-5-2-6-14-24/h1-22H. The van der Waals surface area contributed by atoms with E-state index in [2.05, 4.69) is 0 Å². The van der Waals surface area contributed by atoms with Gasteiger partial charge in [-0.3, -0.25) is 0 Å². The number of benzene rings is 4. The average Bonchev–Trinajstić information content (AvgIpc) is 2.87. The summed E-state index contributed by atoms with van der Waals surface area (Å²) in [7, 11) is 0. The molecule has 0 aromatic heterocycles. The number of ether oxygens (including phenoxy) is 1. The van der Waals surface area contributed by atoms with Crippen LogP contribution in [0.25, 0.3) is 24.3 Å². The third-order valence-electron chi connectivity index (χ3n) is 5.06. The van der Waals surface area contributed by atoms with Crippen molar-refractivity contribution in [2.75, 3.05) is 0 Å². The Labute approximate surface area is 193 Å². The summed E-state index contributed by atoms with van der Waals surface area (Å²) in [6.45, 7) is 0. The Bertz CT molecular complexity index is 1200. The van der Waals surface area contributed by atoms with E-state index in [1.807, 2.05) is 109 Å². The Morgan fingerprint density at radius 3 is 1.24 bits per heavy atom. The Morgan fingerprint density at radius 1 is 0.455 bits per heavy atom. The minimum Gasteiger partial charge on any atom is -0.386 e. The molecule has 4 rings (SSSR count). The molecule has 160 valence electrons. The summed E-state index contributed by atoms with van der Waals surface area (Å²) in [5, 5.41) is 0. The van der Waals surface area contributed by atoms with Crippen molar-refractivity contribution >= 4 is 36.2 Å². The number of rotatable bonds is 6. The molecular weight excluding hydrogens is 408 g/mol. The van der Waals surface area contributed by atoms with Gasteiger partial charge in [0.15, 0.2) is 0 Å². The fourth-order valence-electron chi connectivity index (χ4n) is 3.35. The molecule has 0 spiro atoms. The fourth-order valence-corrected chi connectivity index (χ4v) is 3.35. The molecule has 0 saturated carbocycles. The van der Waals surface area contributed by atoms with E-state index in [4.69, 9.17) is 4.74 Å². The molecule has 4 aromatic rings. The number of carbonyl (C=O) groups is 2. The lowest BCUT2D eigenvalue weighted by atomic mass is 10.0. The SMILES string of the molecule is O=C(OC(=O)c1ccccc1C=Cc1ccccc1)c1ccccc1C=Cc1ccccc1. The van der Waals surface area contributed by atoms with Crippen LogP contribution in [0.2, 0.25) is 0 Å². The lowest BCUT2D eigenvalue weighted by molar-refractivity contribution is 0.0397. The van der Waals surface area contributed by atoms with Gasteiger partial charge in [-0.05, 0) is 34.4 Å². The molecule has 0 fully saturated rings. The predicted molar refractivity (Wildman–Crippen MR) is 133 cm³/mol. The predicted octanol–water partition coefficient (Wildman–Crippen LogP) is 7.02. The molecule has 0 aliphatic carbocycles. The van der Waals surface area contributed by atoms with Crippen LogP contribution in [0.4, 0.5) is 0 Å². The molecule has 0 N–H and O–H groups in total. The monoisotopic (exact) mass is 430 g/mol. The van der Waals surface area contributed by atoms with Gasteiger partial charge in [-0.1, -0.05) is 121 Å². The van der Waals surface area contributed by atoms with Gasteiger partial charge in [0, 0.05) is 0 Å². The topological polar surface area (TPSA) is 43.4 Å². The molecule has 0 atom stereocenters. The van der Waals surface area contributed by atoms with Crippen molar-refractivity contribution in [2.24, 2.45) is 0 Å². The van der Waals surface area contributed by atoms with Gasteiger partial charge in [-0.15, -0.1) is 0 Å². The van der Waals surface area contributed by atoms with Gasteiger partial charge in [-0.25, -0.2) is 9.59 Å². The van der Waals surface area contributed by atoms with Crippen LogP contribution >= 0.6 is 0 Å². The van der Waals surface area contributed by atoms with Crippen molar-refractivity contribution in [2.45, 2.75) is 0 Å². The summed E-state index contributed by atoms with van der Waals surface area (Å²) >= 11 is 0. The number of carbonyl (C=O) groups excluding carboxylic acids is 2. The Balaban J connectivity index is 1.53. The minimum absolute atomic E-state index is 0.329. The van der Waals surface area contributed by atoms with Gasteiger partial charge >= 0.3 is 11.9 Å². The van der Waals surface area contributed by atoms with Gasteiger partial charge < -0.3 is 4.74 Å². The number of hydrogen-bond acceptors (Lipinski definition) is 3. The van der Waals surface area contributed by atoms with Crippen LogP contribution < -0.4 is 0 Å². The first-order valence-corrected chi connectivity index (χ1v) is 10.6. The highest BCUT2D eigenvalue weighted by molar-refractivity contribution is 6.06. The van der Waals surface area contributed by atoms with Crippen LogP contribution in [0.15, 0.2) is 109 Å². The fraction of sp³-hybridized carbons (Fsp3) is 0. The maximum atomic E-state index is 12.9. The smallest absolute Gasteiger partial charge is 0.346 e. The number of hydrogen-bond donors (Lipinski definition) is 0. The van der Waals surface area contributed by atoms with Gasteiger partial charge in [0.1, 0.15) is 0 Å². The Kier molecular flexibility index (Phi) is 7.04. The van der Waals surface area contributed by atoms with Crippen LogP contribution in [0, 0.1) is 0 Å². The molecular formula is C30H22O3. The highest BCUT2D eigenvalue weighted by atomic mass is 16.6. The maximum absolute atomic E-state index is 12.9. The zero-order chi connectivity index (χ0) is 22.9. The Morgan fingerprint density at radius 2 is 0.818 bits per heavy atom. The molecule has 3 heteroatoms. The van der Waals surface area contributed by atoms with E-state index in [0.29, 0.717) is 22.3 Å². The summed E-state index contributed by atoms with van der Waals surface area (Å²) in [6, 6.07) is 33.7. The van der Waals surface area contributed by atoms with Crippen molar-refractivity contribution < 1.29 is 14.3 Å². The minimum atomic E-state index is -0.685. The molecule has 0 amide bonds. The summed E-state index contributed by atoms with van der Waals surface area (Å²) in [5.41, 5.74) is 4.03. The van der Waals surface area contributed by atoms with E-state index in [1.54, 1.807) is 24.3 Å². The molecule has 0 unspecified atom stereocenters. The van der Waals surface area contributed by atoms with Crippen LogP contribution in [0.3, 0.4) is 0 Å². The van der Waals surface area contributed by atoms with E-state index in [-0.39, 0.29) is 0 Å². The van der Waals surface area contributed by atoms with Gasteiger partial charge in [0.2, 0.25) is 0 Å². The highest BCUT2D eigenvalue weighted by Gasteiger charge is 2.18. The molecule has 0 radical (unpaired) electrons. The van der Waals surface area contributed by atoms with Gasteiger partial charge in [-0.2, -0.15) is 0 Å². The second-order valence-electron chi connectivity index (χ2n) is 7.34. The molecule has 0 aliphatic heterocycles. The first-order valence-electron chi connectivity index (χ1n) is 10.6. The quantitative estimate of drug-likeness (QED) is 0.187. The highest BCUT2D eigenvalue weighted by Crippen LogP contribution is 2.18. The first-order chi connectivity index (χ1) is 16.2. The van der Waals surface area contributed by atoms with E-state index >= 15 is 0 Å². The zero-order valence-electron chi connectivity index (χ0n) is 17.9. The average molecular weight is 431 g/mol. The molecule has 3 nitrogen and oxygen atoms in total. The van der Waals surface area contributed by atoms with E-state index in [9.17, 15) is 9.59 Å². The molecule has 0 bridgehead atoms. The van der Waals surface area contributed by atoms with Crippen molar-refractivity contribution in [3.05, 3.63) is 143 Å². The van der Waals surface area contributed by atoms with Crippen molar-refractivity contribution in [1.82, 2.24) is 0 Å². The maximum Gasteiger partial charge on any atom is 0.346 e. The third-order valence-corrected chi connectivity index (χ3v) is 5.06. The van der Waals surface area contributed by atoms with Gasteiger partial charge in [0.25, 0.3) is 0 Å². The van der Waals surface area contributed by atoms with Crippen molar-refractivity contribution in [3.63, 3.8) is 0 Å². The third kappa shape index (κ3) is 5.81. The van der Waals surface area contributed by atoms with Crippen molar-refractivity contribution in [1.29, 1.82) is 0 Å². The largest absolute Gasteiger partial charge is 0.386 e. The molecule has 0 saturated heterocycles. The summed E-state index contributed by atoms with van der Waals surface area (Å²) in [5.74, 6) is -1.37. The molecule has 33 heavy (non-hydrogen) atoms. The first kappa shape index (κ1) is 21.7. The summed E-state index contributed by atoms with van der Waals surface area (Å²) in [6.07, 6.45) is 7.51. The van der Waals surface area contributed by atoms with Crippen LogP contribution in [-0.2, 0) is 4.74 Å². The van der Waals surface area contributed by atoms with E-state index in [0.717, 1.165) is 11.1 Å². The second kappa shape index (κ2) is 10.7.